The van der Waals surface area contributed by atoms with Gasteiger partial charge in [-0.1, -0.05) is 13.8 Å². The van der Waals surface area contributed by atoms with Gasteiger partial charge in [-0.2, -0.15) is 0 Å². The summed E-state index contributed by atoms with van der Waals surface area (Å²) in [6.07, 6.45) is 2.06. The van der Waals surface area contributed by atoms with Crippen molar-refractivity contribution in [3.63, 3.8) is 0 Å². The van der Waals surface area contributed by atoms with Gasteiger partial charge in [-0.05, 0) is 31.8 Å². The van der Waals surface area contributed by atoms with E-state index < -0.39 is 0 Å². The van der Waals surface area contributed by atoms with Gasteiger partial charge in [-0.15, -0.1) is 0 Å². The third-order valence-electron chi connectivity index (χ3n) is 2.62. The van der Waals surface area contributed by atoms with E-state index >= 15 is 0 Å². The van der Waals surface area contributed by atoms with Crippen LogP contribution in [-0.4, -0.2) is 35.7 Å². The molecule has 1 N–H and O–H groups in total. The standard InChI is InChI=1S/C9H19NO/c1-3-10(4-2)7-8-5-9(11)6-8/h8-9,11H,3-7H2,1-2H3. The largest absolute Gasteiger partial charge is 0.393 e. The van der Waals surface area contributed by atoms with Crippen LogP contribution in [0.5, 0.6) is 0 Å². The van der Waals surface area contributed by atoms with Crippen molar-refractivity contribution in [1.82, 2.24) is 4.90 Å². The second kappa shape index (κ2) is 4.07. The van der Waals surface area contributed by atoms with Crippen LogP contribution in [0.1, 0.15) is 26.7 Å². The summed E-state index contributed by atoms with van der Waals surface area (Å²) in [4.78, 5) is 2.43. The summed E-state index contributed by atoms with van der Waals surface area (Å²) in [6, 6.07) is 0. The highest BCUT2D eigenvalue weighted by atomic mass is 16.3. The minimum atomic E-state index is 0.00978. The van der Waals surface area contributed by atoms with Crippen LogP contribution in [-0.2, 0) is 0 Å². The second-order valence-corrected chi connectivity index (χ2v) is 3.48. The molecule has 1 fully saturated rings. The van der Waals surface area contributed by atoms with Crippen molar-refractivity contribution in [3.8, 4) is 0 Å². The van der Waals surface area contributed by atoms with E-state index in [-0.39, 0.29) is 6.10 Å². The molecule has 0 unspecified atom stereocenters. The molecule has 0 aromatic carbocycles. The van der Waals surface area contributed by atoms with E-state index in [4.69, 9.17) is 5.11 Å². The molecule has 1 saturated carbocycles. The minimum Gasteiger partial charge on any atom is -0.393 e. The van der Waals surface area contributed by atoms with Crippen LogP contribution in [0.15, 0.2) is 0 Å². The van der Waals surface area contributed by atoms with Crippen LogP contribution in [0.2, 0.25) is 0 Å². The van der Waals surface area contributed by atoms with Crippen molar-refractivity contribution >= 4 is 0 Å². The Hall–Kier alpha value is -0.0800. The molecule has 0 spiro atoms. The number of hydrogen-bond donors (Lipinski definition) is 1. The molecular formula is C9H19NO. The third kappa shape index (κ3) is 2.46. The van der Waals surface area contributed by atoms with Crippen LogP contribution in [0, 0.1) is 5.92 Å². The number of aliphatic hydroxyl groups excluding tert-OH is 1. The minimum absolute atomic E-state index is 0.00978. The Morgan fingerprint density at radius 3 is 2.18 bits per heavy atom. The summed E-state index contributed by atoms with van der Waals surface area (Å²) in [5.41, 5.74) is 0. The summed E-state index contributed by atoms with van der Waals surface area (Å²) in [5, 5.41) is 9.06. The molecule has 0 aromatic rings. The normalized spacial score (nSPS) is 30.5. The van der Waals surface area contributed by atoms with Gasteiger partial charge in [0.2, 0.25) is 0 Å². The molecule has 1 rings (SSSR count). The molecule has 2 heteroatoms. The van der Waals surface area contributed by atoms with Crippen LogP contribution >= 0.6 is 0 Å². The van der Waals surface area contributed by atoms with Gasteiger partial charge in [-0.3, -0.25) is 0 Å². The lowest BCUT2D eigenvalue weighted by atomic mass is 9.82. The summed E-state index contributed by atoms with van der Waals surface area (Å²) in [5.74, 6) is 0.768. The second-order valence-electron chi connectivity index (χ2n) is 3.48. The van der Waals surface area contributed by atoms with E-state index in [9.17, 15) is 0 Å². The van der Waals surface area contributed by atoms with Gasteiger partial charge >= 0.3 is 0 Å². The van der Waals surface area contributed by atoms with Crippen molar-refractivity contribution in [2.24, 2.45) is 5.92 Å². The molecule has 0 aromatic heterocycles. The Bertz CT molecular complexity index is 106. The Labute approximate surface area is 69.2 Å². The molecule has 0 heterocycles. The molecule has 0 bridgehead atoms. The first-order chi connectivity index (χ1) is 5.26. The number of nitrogens with zero attached hydrogens (tertiary/aromatic N) is 1. The molecule has 0 aliphatic heterocycles. The van der Waals surface area contributed by atoms with Crippen LogP contribution in [0.25, 0.3) is 0 Å². The zero-order chi connectivity index (χ0) is 8.27. The quantitative estimate of drug-likeness (QED) is 0.660. The molecule has 0 amide bonds. The van der Waals surface area contributed by atoms with Gasteiger partial charge in [0, 0.05) is 6.54 Å². The van der Waals surface area contributed by atoms with Crippen molar-refractivity contribution in [2.75, 3.05) is 19.6 Å². The van der Waals surface area contributed by atoms with Gasteiger partial charge < -0.3 is 10.0 Å². The van der Waals surface area contributed by atoms with Gasteiger partial charge in [0.15, 0.2) is 0 Å². The van der Waals surface area contributed by atoms with Crippen LogP contribution < -0.4 is 0 Å². The molecule has 66 valence electrons. The predicted molar refractivity (Wildman–Crippen MR) is 46.5 cm³/mol. The van der Waals surface area contributed by atoms with Gasteiger partial charge in [-0.25, -0.2) is 0 Å². The SMILES string of the molecule is CCN(CC)CC1CC(O)C1. The van der Waals surface area contributed by atoms with Gasteiger partial charge in [0.25, 0.3) is 0 Å². The van der Waals surface area contributed by atoms with Crippen molar-refractivity contribution in [2.45, 2.75) is 32.8 Å². The highest BCUT2D eigenvalue weighted by Gasteiger charge is 2.27. The molecule has 0 saturated heterocycles. The van der Waals surface area contributed by atoms with Crippen molar-refractivity contribution in [3.05, 3.63) is 0 Å². The Morgan fingerprint density at radius 2 is 1.82 bits per heavy atom. The van der Waals surface area contributed by atoms with E-state index in [1.165, 1.54) is 6.54 Å². The van der Waals surface area contributed by atoms with Crippen LogP contribution in [0.4, 0.5) is 0 Å². The number of aliphatic hydroxyl groups is 1. The Kier molecular flexibility index (Phi) is 3.34. The lowest BCUT2D eigenvalue weighted by Crippen LogP contribution is -2.38. The zero-order valence-electron chi connectivity index (χ0n) is 7.58. The highest BCUT2D eigenvalue weighted by Crippen LogP contribution is 2.27. The smallest absolute Gasteiger partial charge is 0.0546 e. The summed E-state index contributed by atoms with van der Waals surface area (Å²) in [6.45, 7) is 7.85. The third-order valence-corrected chi connectivity index (χ3v) is 2.62. The van der Waals surface area contributed by atoms with Gasteiger partial charge in [0.1, 0.15) is 0 Å². The molecule has 1 aliphatic rings. The lowest BCUT2D eigenvalue weighted by Gasteiger charge is -2.35. The van der Waals surface area contributed by atoms with Crippen molar-refractivity contribution in [1.29, 1.82) is 0 Å². The molecule has 0 atom stereocenters. The van der Waals surface area contributed by atoms with Gasteiger partial charge in [0.05, 0.1) is 6.10 Å². The Balaban J connectivity index is 2.09. The highest BCUT2D eigenvalue weighted by molar-refractivity contribution is 4.80. The number of hydrogen-bond acceptors (Lipinski definition) is 2. The van der Waals surface area contributed by atoms with E-state index in [2.05, 4.69) is 18.7 Å². The predicted octanol–water partition coefficient (Wildman–Crippen LogP) is 1.10. The monoisotopic (exact) mass is 157 g/mol. The summed E-state index contributed by atoms with van der Waals surface area (Å²) in [7, 11) is 0. The average molecular weight is 157 g/mol. The fourth-order valence-corrected chi connectivity index (χ4v) is 1.70. The molecule has 1 aliphatic carbocycles. The Morgan fingerprint density at radius 1 is 1.27 bits per heavy atom. The van der Waals surface area contributed by atoms with Crippen LogP contribution in [0.3, 0.4) is 0 Å². The lowest BCUT2D eigenvalue weighted by molar-refractivity contribution is 0.0260. The molecular weight excluding hydrogens is 138 g/mol. The first-order valence-corrected chi connectivity index (χ1v) is 4.66. The van der Waals surface area contributed by atoms with E-state index in [1.807, 2.05) is 0 Å². The molecule has 11 heavy (non-hydrogen) atoms. The molecule has 0 radical (unpaired) electrons. The van der Waals surface area contributed by atoms with E-state index in [1.54, 1.807) is 0 Å². The fraction of sp³-hybridized carbons (Fsp3) is 1.00. The average Bonchev–Trinajstić information content (AvgIpc) is 1.96. The van der Waals surface area contributed by atoms with E-state index in [0.29, 0.717) is 0 Å². The van der Waals surface area contributed by atoms with E-state index in [0.717, 1.165) is 31.8 Å². The number of rotatable bonds is 4. The zero-order valence-corrected chi connectivity index (χ0v) is 7.58. The maximum absolute atomic E-state index is 9.06. The topological polar surface area (TPSA) is 23.5 Å². The first kappa shape index (κ1) is 9.01. The first-order valence-electron chi connectivity index (χ1n) is 4.66. The summed E-state index contributed by atoms with van der Waals surface area (Å²) < 4.78 is 0. The fourth-order valence-electron chi connectivity index (χ4n) is 1.70. The van der Waals surface area contributed by atoms with Crippen molar-refractivity contribution < 1.29 is 5.11 Å². The maximum atomic E-state index is 9.06. The maximum Gasteiger partial charge on any atom is 0.0546 e. The summed E-state index contributed by atoms with van der Waals surface area (Å²) >= 11 is 0. The molecule has 2 nitrogen and oxygen atoms in total.